The summed E-state index contributed by atoms with van der Waals surface area (Å²) >= 11 is 0. The fraction of sp³-hybridized carbons (Fsp3) is 1.00. The zero-order valence-electron chi connectivity index (χ0n) is 15.6. The van der Waals surface area contributed by atoms with E-state index in [2.05, 4.69) is 60.1 Å². The maximum atomic E-state index is 12.1. The molecular formula is C16H38NO2P. The van der Waals surface area contributed by atoms with Gasteiger partial charge in [0.15, 0.2) is 0 Å². The van der Waals surface area contributed by atoms with Crippen LogP contribution in [0.5, 0.6) is 0 Å². The second kappa shape index (κ2) is 6.20. The molecule has 0 fully saturated rings. The predicted octanol–water partition coefficient (Wildman–Crippen LogP) is 5.03. The van der Waals surface area contributed by atoms with Crippen LogP contribution in [-0.4, -0.2) is 38.6 Å². The van der Waals surface area contributed by atoms with Gasteiger partial charge in [0.2, 0.25) is 0 Å². The summed E-state index contributed by atoms with van der Waals surface area (Å²) in [6, 6.07) is 0.481. The van der Waals surface area contributed by atoms with Crippen LogP contribution in [0.25, 0.3) is 0 Å². The van der Waals surface area contributed by atoms with E-state index in [1.165, 1.54) is 0 Å². The molecule has 0 aliphatic rings. The molecule has 0 atom stereocenters. The summed E-state index contributed by atoms with van der Waals surface area (Å²) < 4.78 is 8.79. The average Bonchev–Trinajstić information content (AvgIpc) is 2.11. The fourth-order valence-electron chi connectivity index (χ4n) is 3.47. The normalized spacial score (nSPS) is 16.6. The van der Waals surface area contributed by atoms with E-state index < -0.39 is 7.21 Å². The molecule has 0 rings (SSSR count). The van der Waals surface area contributed by atoms with Crippen LogP contribution in [0, 0.1) is 0 Å². The van der Waals surface area contributed by atoms with Gasteiger partial charge in [0, 0.05) is 0 Å². The summed E-state index contributed by atoms with van der Waals surface area (Å²) in [4.78, 5) is 12.1. The minimum atomic E-state index is -3.51. The van der Waals surface area contributed by atoms with E-state index in [0.29, 0.717) is 0 Å². The van der Waals surface area contributed by atoms with Crippen LogP contribution in [0.3, 0.4) is 0 Å². The van der Waals surface area contributed by atoms with E-state index in [-0.39, 0.29) is 29.0 Å². The summed E-state index contributed by atoms with van der Waals surface area (Å²) in [7, 11) is -3.51. The molecule has 0 unspecified atom stereocenters. The number of rotatable bonds is 6. The summed E-state index contributed by atoms with van der Waals surface area (Å²) in [5.74, 6) is 0. The first-order chi connectivity index (χ1) is 8.68. The zero-order chi connectivity index (χ0) is 16.5. The van der Waals surface area contributed by atoms with Gasteiger partial charge in [-0.2, -0.15) is 0 Å². The number of nitrogens with zero attached hydrogens (tertiary/aromatic N) is 1. The first-order valence-electron chi connectivity index (χ1n) is 7.94. The summed E-state index contributed by atoms with van der Waals surface area (Å²) in [6.45, 7) is 23.1. The topological polar surface area (TPSA) is 32.7 Å². The first kappa shape index (κ1) is 20.3. The monoisotopic (exact) mass is 307 g/mol. The standard InChI is InChI=1S/C16H38NO2P/c1-12(2)17(13(3)4)20(18,14(5)6,15(7)8)19-16(9,10)11/h12-15,18H,1-11H3. The van der Waals surface area contributed by atoms with Crippen molar-refractivity contribution in [1.29, 1.82) is 0 Å². The molecular weight excluding hydrogens is 269 g/mol. The molecule has 0 aliphatic heterocycles. The Morgan fingerprint density at radius 1 is 0.800 bits per heavy atom. The Bertz CT molecular complexity index is 303. The van der Waals surface area contributed by atoms with Crippen molar-refractivity contribution in [3.8, 4) is 0 Å². The van der Waals surface area contributed by atoms with E-state index in [1.807, 2.05) is 20.8 Å². The second-order valence-electron chi connectivity index (χ2n) is 8.03. The molecule has 0 saturated carbocycles. The van der Waals surface area contributed by atoms with Crippen molar-refractivity contribution < 1.29 is 9.42 Å². The minimum absolute atomic E-state index is 0.0741. The molecule has 124 valence electrons. The van der Waals surface area contributed by atoms with Gasteiger partial charge >= 0.3 is 126 Å². The molecule has 0 aromatic carbocycles. The van der Waals surface area contributed by atoms with Gasteiger partial charge in [0.05, 0.1) is 0 Å². The number of hydrogen-bond donors (Lipinski definition) is 1. The molecule has 0 bridgehead atoms. The molecule has 0 radical (unpaired) electrons. The van der Waals surface area contributed by atoms with E-state index in [0.717, 1.165) is 0 Å². The molecule has 0 amide bonds. The van der Waals surface area contributed by atoms with E-state index in [9.17, 15) is 4.89 Å². The SMILES string of the molecule is CC(C)N(C(C)C)P(O)(OC(C)(C)C)(C(C)C)C(C)C. The van der Waals surface area contributed by atoms with Crippen LogP contribution in [0.4, 0.5) is 0 Å². The maximum absolute atomic E-state index is 12.1. The fourth-order valence-corrected chi connectivity index (χ4v) is 9.23. The van der Waals surface area contributed by atoms with Crippen molar-refractivity contribution in [2.45, 2.75) is 105 Å². The van der Waals surface area contributed by atoms with Crippen LogP contribution in [0.15, 0.2) is 0 Å². The second-order valence-corrected chi connectivity index (χ2v) is 12.9. The van der Waals surface area contributed by atoms with Crippen LogP contribution in [0.1, 0.15) is 76.2 Å². The molecule has 20 heavy (non-hydrogen) atoms. The van der Waals surface area contributed by atoms with Crippen molar-refractivity contribution >= 4 is 7.21 Å². The Labute approximate surface area is 127 Å². The van der Waals surface area contributed by atoms with Gasteiger partial charge in [0.25, 0.3) is 0 Å². The molecule has 0 aliphatic carbocycles. The molecule has 0 aromatic heterocycles. The van der Waals surface area contributed by atoms with E-state index in [1.54, 1.807) is 0 Å². The van der Waals surface area contributed by atoms with Gasteiger partial charge in [-0.1, -0.05) is 0 Å². The van der Waals surface area contributed by atoms with Crippen molar-refractivity contribution in [1.82, 2.24) is 4.67 Å². The summed E-state index contributed by atoms with van der Waals surface area (Å²) in [5, 5.41) is 0. The van der Waals surface area contributed by atoms with Crippen molar-refractivity contribution in [2.75, 3.05) is 0 Å². The Balaban J connectivity index is 6.28. The van der Waals surface area contributed by atoms with Crippen molar-refractivity contribution in [3.63, 3.8) is 0 Å². The van der Waals surface area contributed by atoms with Gasteiger partial charge < -0.3 is 0 Å². The van der Waals surface area contributed by atoms with Crippen molar-refractivity contribution in [3.05, 3.63) is 0 Å². The van der Waals surface area contributed by atoms with Crippen LogP contribution < -0.4 is 0 Å². The third-order valence-electron chi connectivity index (χ3n) is 3.92. The summed E-state index contributed by atoms with van der Waals surface area (Å²) in [6.07, 6.45) is 0. The van der Waals surface area contributed by atoms with Crippen LogP contribution in [0.2, 0.25) is 0 Å². The zero-order valence-corrected chi connectivity index (χ0v) is 16.5. The molecule has 0 saturated heterocycles. The first-order valence-corrected chi connectivity index (χ1v) is 10.1. The van der Waals surface area contributed by atoms with Gasteiger partial charge in [-0.25, -0.2) is 0 Å². The van der Waals surface area contributed by atoms with Gasteiger partial charge in [-0.15, -0.1) is 0 Å². The molecule has 3 nitrogen and oxygen atoms in total. The molecule has 1 N–H and O–H groups in total. The molecule has 0 spiro atoms. The van der Waals surface area contributed by atoms with Gasteiger partial charge in [-0.3, -0.25) is 0 Å². The Hall–Kier alpha value is 0.310. The van der Waals surface area contributed by atoms with Crippen LogP contribution >= 0.6 is 7.21 Å². The van der Waals surface area contributed by atoms with Gasteiger partial charge in [0.1, 0.15) is 0 Å². The number of hydrogen-bond acceptors (Lipinski definition) is 3. The average molecular weight is 307 g/mol. The summed E-state index contributed by atoms with van der Waals surface area (Å²) in [5.41, 5.74) is -0.224. The predicted molar refractivity (Wildman–Crippen MR) is 92.4 cm³/mol. The Morgan fingerprint density at radius 2 is 1.10 bits per heavy atom. The molecule has 0 aromatic rings. The molecule has 0 heterocycles. The Kier molecular flexibility index (Phi) is 6.30. The van der Waals surface area contributed by atoms with E-state index >= 15 is 0 Å². The quantitative estimate of drug-likeness (QED) is 0.699. The Morgan fingerprint density at radius 3 is 1.25 bits per heavy atom. The van der Waals surface area contributed by atoms with Gasteiger partial charge in [-0.05, 0) is 0 Å². The van der Waals surface area contributed by atoms with Crippen LogP contribution in [-0.2, 0) is 4.52 Å². The van der Waals surface area contributed by atoms with E-state index in [4.69, 9.17) is 4.52 Å². The third kappa shape index (κ3) is 3.55. The van der Waals surface area contributed by atoms with Crippen molar-refractivity contribution in [2.24, 2.45) is 0 Å². The molecule has 4 heteroatoms. The third-order valence-corrected chi connectivity index (χ3v) is 10.6.